The molecule has 17 heavy (non-hydrogen) atoms. The molecule has 1 heterocycles. The number of ether oxygens (including phenoxy) is 1. The molecule has 1 saturated heterocycles. The smallest absolute Gasteiger partial charge is 0.0661 e. The molecule has 0 aromatic carbocycles. The van der Waals surface area contributed by atoms with Crippen molar-refractivity contribution in [1.82, 2.24) is 9.80 Å². The van der Waals surface area contributed by atoms with E-state index >= 15 is 0 Å². The van der Waals surface area contributed by atoms with Gasteiger partial charge < -0.3 is 15.4 Å². The van der Waals surface area contributed by atoms with Crippen molar-refractivity contribution in [2.75, 3.05) is 46.9 Å². The Balaban J connectivity index is 2.09. The van der Waals surface area contributed by atoms with Gasteiger partial charge in [0.2, 0.25) is 0 Å². The molecule has 2 unspecified atom stereocenters. The molecule has 4 heteroatoms. The Morgan fingerprint density at radius 1 is 1.35 bits per heavy atom. The molecular formula is C13H27N3O. The van der Waals surface area contributed by atoms with E-state index in [9.17, 15) is 0 Å². The highest BCUT2D eigenvalue weighted by atomic mass is 16.5. The summed E-state index contributed by atoms with van der Waals surface area (Å²) in [5.74, 6) is 0.753. The van der Waals surface area contributed by atoms with Crippen molar-refractivity contribution in [2.45, 2.75) is 31.3 Å². The Morgan fingerprint density at radius 3 is 2.53 bits per heavy atom. The normalized spacial score (nSPS) is 31.4. The number of methoxy groups -OCH3 is 1. The van der Waals surface area contributed by atoms with Gasteiger partial charge in [0.1, 0.15) is 0 Å². The van der Waals surface area contributed by atoms with Gasteiger partial charge in [-0.05, 0) is 32.7 Å². The monoisotopic (exact) mass is 241 g/mol. The van der Waals surface area contributed by atoms with E-state index in [1.165, 1.54) is 12.8 Å². The fraction of sp³-hybridized carbons (Fsp3) is 1.00. The van der Waals surface area contributed by atoms with Gasteiger partial charge in [-0.2, -0.15) is 0 Å². The van der Waals surface area contributed by atoms with Crippen molar-refractivity contribution < 1.29 is 4.74 Å². The third-order valence-electron chi connectivity index (χ3n) is 4.67. The number of nitrogens with zero attached hydrogens (tertiary/aromatic N) is 2. The van der Waals surface area contributed by atoms with E-state index in [-0.39, 0.29) is 5.54 Å². The molecule has 0 aromatic rings. The largest absolute Gasteiger partial charge is 0.383 e. The second kappa shape index (κ2) is 5.22. The maximum atomic E-state index is 6.11. The van der Waals surface area contributed by atoms with Gasteiger partial charge in [-0.15, -0.1) is 0 Å². The van der Waals surface area contributed by atoms with Gasteiger partial charge in [-0.1, -0.05) is 0 Å². The maximum absolute atomic E-state index is 6.11. The van der Waals surface area contributed by atoms with Crippen LogP contribution in [0.15, 0.2) is 0 Å². The summed E-state index contributed by atoms with van der Waals surface area (Å²) in [6.45, 7) is 7.19. The number of hydrogen-bond acceptors (Lipinski definition) is 4. The van der Waals surface area contributed by atoms with Crippen molar-refractivity contribution in [1.29, 1.82) is 0 Å². The van der Waals surface area contributed by atoms with Crippen molar-refractivity contribution >= 4 is 0 Å². The van der Waals surface area contributed by atoms with Crippen LogP contribution in [-0.4, -0.2) is 68.3 Å². The average molecular weight is 241 g/mol. The maximum Gasteiger partial charge on any atom is 0.0661 e. The first-order valence-corrected chi connectivity index (χ1v) is 6.78. The van der Waals surface area contributed by atoms with Gasteiger partial charge in [-0.25, -0.2) is 0 Å². The van der Waals surface area contributed by atoms with Crippen molar-refractivity contribution in [2.24, 2.45) is 11.7 Å². The number of likely N-dealkylation sites (N-methyl/N-ethyl adjacent to an activating group) is 1. The van der Waals surface area contributed by atoms with Gasteiger partial charge >= 0.3 is 0 Å². The van der Waals surface area contributed by atoms with Gasteiger partial charge in [0.15, 0.2) is 0 Å². The van der Waals surface area contributed by atoms with E-state index in [4.69, 9.17) is 10.5 Å². The number of hydrogen-bond donors (Lipinski definition) is 1. The quantitative estimate of drug-likeness (QED) is 0.755. The SMILES string of the molecule is COCC(CN)(C1CC1)N1CCN(C)C(C)C1. The molecule has 2 fully saturated rings. The summed E-state index contributed by atoms with van der Waals surface area (Å²) in [5.41, 5.74) is 6.21. The molecule has 0 radical (unpaired) electrons. The van der Waals surface area contributed by atoms with E-state index in [0.717, 1.165) is 38.7 Å². The first kappa shape index (κ1) is 13.3. The topological polar surface area (TPSA) is 41.7 Å². The van der Waals surface area contributed by atoms with Crippen molar-refractivity contribution in [3.63, 3.8) is 0 Å². The Labute approximate surface area is 105 Å². The molecule has 2 N–H and O–H groups in total. The average Bonchev–Trinajstić information content (AvgIpc) is 3.14. The third kappa shape index (κ3) is 2.50. The molecule has 0 spiro atoms. The minimum atomic E-state index is 0.101. The van der Waals surface area contributed by atoms with Crippen molar-refractivity contribution in [3.8, 4) is 0 Å². The predicted molar refractivity (Wildman–Crippen MR) is 70.1 cm³/mol. The fourth-order valence-corrected chi connectivity index (χ4v) is 3.15. The minimum absolute atomic E-state index is 0.101. The second-order valence-corrected chi connectivity index (χ2v) is 5.79. The molecule has 4 nitrogen and oxygen atoms in total. The van der Waals surface area contributed by atoms with E-state index < -0.39 is 0 Å². The molecule has 2 aliphatic rings. The molecule has 0 bridgehead atoms. The van der Waals surface area contributed by atoms with Crippen LogP contribution in [0.4, 0.5) is 0 Å². The van der Waals surface area contributed by atoms with Crippen LogP contribution in [0.3, 0.4) is 0 Å². The van der Waals surface area contributed by atoms with E-state index in [2.05, 4.69) is 23.8 Å². The molecule has 100 valence electrons. The molecule has 1 aliphatic heterocycles. The van der Waals surface area contributed by atoms with Crippen LogP contribution in [0.2, 0.25) is 0 Å². The molecule has 1 aliphatic carbocycles. The summed E-state index contributed by atoms with van der Waals surface area (Å²) >= 11 is 0. The zero-order valence-electron chi connectivity index (χ0n) is 11.5. The lowest BCUT2D eigenvalue weighted by Gasteiger charge is -2.49. The number of rotatable bonds is 5. The highest BCUT2D eigenvalue weighted by molar-refractivity contribution is 5.05. The lowest BCUT2D eigenvalue weighted by Crippen LogP contribution is -2.65. The van der Waals surface area contributed by atoms with E-state index in [1.54, 1.807) is 7.11 Å². The first-order valence-electron chi connectivity index (χ1n) is 6.78. The van der Waals surface area contributed by atoms with Crippen molar-refractivity contribution in [3.05, 3.63) is 0 Å². The first-order chi connectivity index (χ1) is 8.14. The van der Waals surface area contributed by atoms with Gasteiger partial charge in [-0.3, -0.25) is 4.90 Å². The minimum Gasteiger partial charge on any atom is -0.383 e. The summed E-state index contributed by atoms with van der Waals surface area (Å²) in [5, 5.41) is 0. The summed E-state index contributed by atoms with van der Waals surface area (Å²) in [4.78, 5) is 5.02. The van der Waals surface area contributed by atoms with Crippen LogP contribution >= 0.6 is 0 Å². The summed E-state index contributed by atoms with van der Waals surface area (Å²) in [6, 6.07) is 0.616. The molecule has 0 aromatic heterocycles. The van der Waals surface area contributed by atoms with Crippen LogP contribution in [0.25, 0.3) is 0 Å². The Bertz CT molecular complexity index is 257. The highest BCUT2D eigenvalue weighted by Crippen LogP contribution is 2.43. The van der Waals surface area contributed by atoms with E-state index in [1.807, 2.05) is 0 Å². The van der Waals surface area contributed by atoms with Crippen LogP contribution in [0.5, 0.6) is 0 Å². The third-order valence-corrected chi connectivity index (χ3v) is 4.67. The number of piperazine rings is 1. The second-order valence-electron chi connectivity index (χ2n) is 5.79. The van der Waals surface area contributed by atoms with Gasteiger partial charge in [0.25, 0.3) is 0 Å². The Morgan fingerprint density at radius 2 is 2.06 bits per heavy atom. The standard InChI is InChI=1S/C13H27N3O/c1-11-8-16(7-6-15(11)2)13(9-14,10-17-3)12-4-5-12/h11-12H,4-10,14H2,1-3H3. The molecule has 0 amide bonds. The molecule has 1 saturated carbocycles. The van der Waals surface area contributed by atoms with Gasteiger partial charge in [0, 0.05) is 39.3 Å². The van der Waals surface area contributed by atoms with Gasteiger partial charge in [0.05, 0.1) is 12.1 Å². The van der Waals surface area contributed by atoms with Crippen LogP contribution in [0.1, 0.15) is 19.8 Å². The summed E-state index contributed by atoms with van der Waals surface area (Å²) in [6.07, 6.45) is 2.64. The lowest BCUT2D eigenvalue weighted by molar-refractivity contribution is -0.0370. The molecular weight excluding hydrogens is 214 g/mol. The molecule has 2 atom stereocenters. The van der Waals surface area contributed by atoms with Crippen LogP contribution in [-0.2, 0) is 4.74 Å². The summed E-state index contributed by atoms with van der Waals surface area (Å²) < 4.78 is 5.48. The highest BCUT2D eigenvalue weighted by Gasteiger charge is 2.49. The number of nitrogens with two attached hydrogens (primary N) is 1. The molecule has 2 rings (SSSR count). The Hall–Kier alpha value is -0.160. The van der Waals surface area contributed by atoms with E-state index in [0.29, 0.717) is 6.04 Å². The fourth-order valence-electron chi connectivity index (χ4n) is 3.15. The predicted octanol–water partition coefficient (Wildman–Crippen LogP) is 0.376. The lowest BCUT2D eigenvalue weighted by atomic mass is 9.90. The zero-order chi connectivity index (χ0) is 12.5. The van der Waals surface area contributed by atoms with Crippen LogP contribution < -0.4 is 5.73 Å². The Kier molecular flexibility index (Phi) is 4.08. The zero-order valence-corrected chi connectivity index (χ0v) is 11.5. The summed E-state index contributed by atoms with van der Waals surface area (Å²) in [7, 11) is 4.01. The van der Waals surface area contributed by atoms with Crippen LogP contribution in [0, 0.1) is 5.92 Å².